The normalized spacial score (nSPS) is 18.7. The molecule has 0 spiro atoms. The molecule has 8 heteroatoms. The van der Waals surface area contributed by atoms with E-state index in [9.17, 15) is 0 Å². The number of anilines is 1. The molecule has 25 heavy (non-hydrogen) atoms. The van der Waals surface area contributed by atoms with Crippen molar-refractivity contribution in [3.05, 3.63) is 36.3 Å². The van der Waals surface area contributed by atoms with Gasteiger partial charge in [0, 0.05) is 25.0 Å². The van der Waals surface area contributed by atoms with Crippen LogP contribution >= 0.6 is 0 Å². The summed E-state index contributed by atoms with van der Waals surface area (Å²) >= 11 is 0. The van der Waals surface area contributed by atoms with Crippen molar-refractivity contribution in [2.75, 3.05) is 25.0 Å². The Bertz CT molecular complexity index is 864. The molecule has 3 aromatic heterocycles. The predicted octanol–water partition coefficient (Wildman–Crippen LogP) is 1.70. The average Bonchev–Trinajstić information content (AvgIpc) is 3.14. The number of aromatic nitrogens is 5. The summed E-state index contributed by atoms with van der Waals surface area (Å²) in [5.74, 6) is 3.29. The first-order chi connectivity index (χ1) is 12.3. The Labute approximate surface area is 145 Å². The van der Waals surface area contributed by atoms with Gasteiger partial charge in [-0.15, -0.1) is 15.3 Å². The maximum Gasteiger partial charge on any atom is 0.208 e. The van der Waals surface area contributed by atoms with E-state index in [1.54, 1.807) is 12.5 Å². The van der Waals surface area contributed by atoms with E-state index < -0.39 is 0 Å². The third kappa shape index (κ3) is 2.57. The quantitative estimate of drug-likeness (QED) is 0.700. The van der Waals surface area contributed by atoms with Gasteiger partial charge in [-0.05, 0) is 32.0 Å². The Morgan fingerprint density at radius 1 is 1.24 bits per heavy atom. The van der Waals surface area contributed by atoms with Crippen LogP contribution in [-0.4, -0.2) is 55.9 Å². The number of rotatable bonds is 5. The molecule has 2 fully saturated rings. The Hall–Kier alpha value is -2.48. The lowest BCUT2D eigenvalue weighted by Crippen LogP contribution is -2.58. The number of fused-ring (bicyclic) bond motifs is 1. The molecule has 8 nitrogen and oxygen atoms in total. The second kappa shape index (κ2) is 5.80. The van der Waals surface area contributed by atoms with Gasteiger partial charge in [0.05, 0.1) is 12.7 Å². The van der Waals surface area contributed by atoms with E-state index in [-0.39, 0.29) is 0 Å². The molecule has 1 saturated carbocycles. The lowest BCUT2D eigenvalue weighted by atomic mass is 9.85. The van der Waals surface area contributed by atoms with E-state index in [4.69, 9.17) is 9.52 Å². The zero-order chi connectivity index (χ0) is 16.8. The third-order valence-corrected chi connectivity index (χ3v) is 5.42. The highest BCUT2D eigenvalue weighted by Gasteiger charge is 2.32. The van der Waals surface area contributed by atoms with Crippen LogP contribution in [0.2, 0.25) is 0 Å². The third-order valence-electron chi connectivity index (χ3n) is 5.42. The van der Waals surface area contributed by atoms with Crippen molar-refractivity contribution in [1.29, 1.82) is 0 Å². The Morgan fingerprint density at radius 2 is 2.12 bits per heavy atom. The van der Waals surface area contributed by atoms with Crippen LogP contribution in [0.5, 0.6) is 0 Å². The molecule has 0 atom stereocenters. The maximum atomic E-state index is 5.33. The van der Waals surface area contributed by atoms with Gasteiger partial charge in [-0.25, -0.2) is 4.98 Å². The highest BCUT2D eigenvalue weighted by atomic mass is 16.3. The molecule has 3 aromatic rings. The molecule has 0 radical (unpaired) electrons. The van der Waals surface area contributed by atoms with Crippen LogP contribution < -0.4 is 4.90 Å². The molecule has 2 aliphatic rings. The predicted molar refractivity (Wildman–Crippen MR) is 91.3 cm³/mol. The van der Waals surface area contributed by atoms with Gasteiger partial charge in [0.25, 0.3) is 0 Å². The van der Waals surface area contributed by atoms with Crippen molar-refractivity contribution in [3.63, 3.8) is 0 Å². The average molecular weight is 339 g/mol. The standard InChI is InChI=1S/C17H21N7O/c1-22(11-16-18-7-8-25-16)13-9-23(10-13)15-6-5-14-19-20-17(24(14)21-15)12-3-2-4-12/h5-8,12-13H,2-4,9-11H2,1H3. The first kappa shape index (κ1) is 14.8. The SMILES string of the molecule is CN(Cc1ncco1)C1CN(c2ccc3nnc(C4CCC4)n3n2)C1. The Balaban J connectivity index is 1.28. The number of hydrogen-bond donors (Lipinski definition) is 0. The lowest BCUT2D eigenvalue weighted by molar-refractivity contribution is 0.180. The van der Waals surface area contributed by atoms with Gasteiger partial charge in [0.2, 0.25) is 5.89 Å². The first-order valence-electron chi connectivity index (χ1n) is 8.84. The summed E-state index contributed by atoms with van der Waals surface area (Å²) in [6, 6.07) is 4.54. The maximum absolute atomic E-state index is 5.33. The molecule has 4 heterocycles. The van der Waals surface area contributed by atoms with Crippen LogP contribution in [-0.2, 0) is 6.54 Å². The second-order valence-corrected chi connectivity index (χ2v) is 7.05. The van der Waals surface area contributed by atoms with E-state index in [1.165, 1.54) is 19.3 Å². The minimum atomic E-state index is 0.483. The van der Waals surface area contributed by atoms with Gasteiger partial charge in [0.15, 0.2) is 11.5 Å². The topological polar surface area (TPSA) is 75.6 Å². The minimum Gasteiger partial charge on any atom is -0.448 e. The molecule has 0 unspecified atom stereocenters. The summed E-state index contributed by atoms with van der Waals surface area (Å²) < 4.78 is 7.26. The lowest BCUT2D eigenvalue weighted by Gasteiger charge is -2.44. The van der Waals surface area contributed by atoms with Crippen molar-refractivity contribution >= 4 is 11.5 Å². The van der Waals surface area contributed by atoms with Crippen LogP contribution in [0.1, 0.15) is 36.9 Å². The van der Waals surface area contributed by atoms with E-state index in [1.807, 2.05) is 16.6 Å². The fraction of sp³-hybridized carbons (Fsp3) is 0.529. The van der Waals surface area contributed by atoms with E-state index in [0.717, 1.165) is 42.8 Å². The molecule has 0 aromatic carbocycles. The monoisotopic (exact) mass is 339 g/mol. The van der Waals surface area contributed by atoms with E-state index in [2.05, 4.69) is 32.0 Å². The molecular weight excluding hydrogens is 318 g/mol. The summed E-state index contributed by atoms with van der Waals surface area (Å²) in [5, 5.41) is 13.4. The molecule has 0 amide bonds. The Kier molecular flexibility index (Phi) is 3.44. The smallest absolute Gasteiger partial charge is 0.208 e. The fourth-order valence-electron chi connectivity index (χ4n) is 3.48. The van der Waals surface area contributed by atoms with E-state index >= 15 is 0 Å². The largest absolute Gasteiger partial charge is 0.448 e. The molecule has 1 aliphatic heterocycles. The van der Waals surface area contributed by atoms with Crippen molar-refractivity contribution < 1.29 is 4.42 Å². The first-order valence-corrected chi connectivity index (χ1v) is 8.84. The number of likely N-dealkylation sites (N-methyl/N-ethyl adjacent to an activating group) is 1. The van der Waals surface area contributed by atoms with Gasteiger partial charge in [-0.1, -0.05) is 6.42 Å². The van der Waals surface area contributed by atoms with Gasteiger partial charge in [-0.3, -0.25) is 4.90 Å². The zero-order valence-electron chi connectivity index (χ0n) is 14.2. The van der Waals surface area contributed by atoms with Crippen molar-refractivity contribution in [3.8, 4) is 0 Å². The zero-order valence-corrected chi connectivity index (χ0v) is 14.2. The molecule has 130 valence electrons. The summed E-state index contributed by atoms with van der Waals surface area (Å²) in [6.45, 7) is 2.64. The van der Waals surface area contributed by atoms with Crippen LogP contribution in [0, 0.1) is 0 Å². The van der Waals surface area contributed by atoms with Gasteiger partial charge in [-0.2, -0.15) is 4.52 Å². The van der Waals surface area contributed by atoms with Crippen molar-refractivity contribution in [1.82, 2.24) is 29.7 Å². The van der Waals surface area contributed by atoms with Crippen LogP contribution in [0.4, 0.5) is 5.82 Å². The molecule has 0 bridgehead atoms. The number of nitrogens with zero attached hydrogens (tertiary/aromatic N) is 7. The second-order valence-electron chi connectivity index (χ2n) is 7.05. The summed E-state index contributed by atoms with van der Waals surface area (Å²) in [7, 11) is 2.11. The fourth-order valence-corrected chi connectivity index (χ4v) is 3.48. The number of oxazole rings is 1. The van der Waals surface area contributed by atoms with Gasteiger partial charge >= 0.3 is 0 Å². The summed E-state index contributed by atoms with van der Waals surface area (Å²) in [4.78, 5) is 8.76. The van der Waals surface area contributed by atoms with E-state index in [0.29, 0.717) is 12.0 Å². The van der Waals surface area contributed by atoms with Crippen molar-refractivity contribution in [2.24, 2.45) is 0 Å². The van der Waals surface area contributed by atoms with Crippen LogP contribution in [0.15, 0.2) is 29.0 Å². The van der Waals surface area contributed by atoms with Gasteiger partial charge in [0.1, 0.15) is 12.1 Å². The molecular formula is C17H21N7O. The highest BCUT2D eigenvalue weighted by molar-refractivity contribution is 5.48. The summed E-state index contributed by atoms with van der Waals surface area (Å²) in [6.07, 6.45) is 6.99. The summed E-state index contributed by atoms with van der Waals surface area (Å²) in [5.41, 5.74) is 0.837. The molecule has 5 rings (SSSR count). The number of hydrogen-bond acceptors (Lipinski definition) is 7. The van der Waals surface area contributed by atoms with Crippen LogP contribution in [0.25, 0.3) is 5.65 Å². The van der Waals surface area contributed by atoms with Crippen molar-refractivity contribution in [2.45, 2.75) is 37.8 Å². The Morgan fingerprint density at radius 3 is 2.84 bits per heavy atom. The highest BCUT2D eigenvalue weighted by Crippen LogP contribution is 2.35. The molecule has 1 aliphatic carbocycles. The van der Waals surface area contributed by atoms with Gasteiger partial charge < -0.3 is 9.32 Å². The molecule has 1 saturated heterocycles. The molecule has 0 N–H and O–H groups in total. The van der Waals surface area contributed by atoms with Crippen LogP contribution in [0.3, 0.4) is 0 Å². The minimum absolute atomic E-state index is 0.483.